The smallest absolute Gasteiger partial charge is 0.281 e. The molecule has 126 valence electrons. The summed E-state index contributed by atoms with van der Waals surface area (Å²) in [6.07, 6.45) is 5.16. The van der Waals surface area contributed by atoms with Crippen molar-refractivity contribution in [1.29, 1.82) is 0 Å². The number of aryl methyl sites for hydroxylation is 1. The van der Waals surface area contributed by atoms with Crippen molar-refractivity contribution in [3.8, 4) is 0 Å². The Morgan fingerprint density at radius 2 is 2.00 bits per heavy atom. The number of nitrogens with zero attached hydrogens (tertiary/aromatic N) is 5. The van der Waals surface area contributed by atoms with Crippen LogP contribution in [0.2, 0.25) is 0 Å². The predicted octanol–water partition coefficient (Wildman–Crippen LogP) is 1.36. The number of aromatic nitrogens is 3. The third-order valence-electron chi connectivity index (χ3n) is 4.09. The number of rotatable bonds is 7. The van der Waals surface area contributed by atoms with E-state index < -0.39 is 10.2 Å². The van der Waals surface area contributed by atoms with Gasteiger partial charge < -0.3 is 4.57 Å². The molecule has 7 nitrogen and oxygen atoms in total. The van der Waals surface area contributed by atoms with Gasteiger partial charge in [0.1, 0.15) is 12.2 Å². The van der Waals surface area contributed by atoms with Crippen LogP contribution in [0.25, 0.3) is 0 Å². The molecule has 1 aromatic heterocycles. The highest BCUT2D eigenvalue weighted by atomic mass is 32.2. The molecule has 2 heterocycles. The molecular formula is C14H27N5O2S. The quantitative estimate of drug-likeness (QED) is 0.757. The molecule has 0 aromatic carbocycles. The van der Waals surface area contributed by atoms with Crippen molar-refractivity contribution in [3.05, 3.63) is 12.2 Å². The Bertz CT molecular complexity index is 566. The van der Waals surface area contributed by atoms with Gasteiger partial charge in [-0.1, -0.05) is 13.8 Å². The summed E-state index contributed by atoms with van der Waals surface area (Å²) in [5.41, 5.74) is 0. The van der Waals surface area contributed by atoms with E-state index in [1.54, 1.807) is 14.9 Å². The van der Waals surface area contributed by atoms with Gasteiger partial charge >= 0.3 is 0 Å². The molecule has 1 aliphatic heterocycles. The van der Waals surface area contributed by atoms with Crippen LogP contribution in [0.1, 0.15) is 51.3 Å². The van der Waals surface area contributed by atoms with Gasteiger partial charge in [0.2, 0.25) is 0 Å². The molecule has 1 atom stereocenters. The van der Waals surface area contributed by atoms with Gasteiger partial charge in [-0.3, -0.25) is 0 Å². The summed E-state index contributed by atoms with van der Waals surface area (Å²) < 4.78 is 30.9. The van der Waals surface area contributed by atoms with Gasteiger partial charge in [0.25, 0.3) is 10.2 Å². The fourth-order valence-corrected chi connectivity index (χ4v) is 4.91. The first kappa shape index (κ1) is 17.4. The van der Waals surface area contributed by atoms with Crippen LogP contribution in [0.3, 0.4) is 0 Å². The summed E-state index contributed by atoms with van der Waals surface area (Å²) in [5, 5.41) is 8.06. The summed E-state index contributed by atoms with van der Waals surface area (Å²) in [4.78, 5) is 0. The Morgan fingerprint density at radius 3 is 2.55 bits per heavy atom. The van der Waals surface area contributed by atoms with Gasteiger partial charge in [-0.15, -0.1) is 10.2 Å². The Morgan fingerprint density at radius 1 is 1.32 bits per heavy atom. The molecule has 1 aromatic rings. The highest BCUT2D eigenvalue weighted by Crippen LogP contribution is 2.27. The SMILES string of the molecule is CCCN(CCC)S(=O)(=O)N1CCC[C@H](c2nncn2C)C1. The fourth-order valence-electron chi connectivity index (χ4n) is 3.03. The van der Waals surface area contributed by atoms with Crippen LogP contribution in [0, 0.1) is 0 Å². The average molecular weight is 329 g/mol. The van der Waals surface area contributed by atoms with E-state index in [0.717, 1.165) is 31.5 Å². The third kappa shape index (κ3) is 3.67. The van der Waals surface area contributed by atoms with E-state index in [1.165, 1.54) is 0 Å². The van der Waals surface area contributed by atoms with E-state index in [4.69, 9.17) is 0 Å². The van der Waals surface area contributed by atoms with Gasteiger partial charge in [0, 0.05) is 39.1 Å². The topological polar surface area (TPSA) is 71.3 Å². The average Bonchev–Trinajstić information content (AvgIpc) is 2.93. The van der Waals surface area contributed by atoms with Crippen LogP contribution in [0.4, 0.5) is 0 Å². The Kier molecular flexibility index (Phi) is 5.94. The zero-order valence-electron chi connectivity index (χ0n) is 13.8. The molecule has 1 aliphatic rings. The van der Waals surface area contributed by atoms with Crippen LogP contribution < -0.4 is 0 Å². The monoisotopic (exact) mass is 329 g/mol. The molecule has 0 spiro atoms. The molecule has 0 aliphatic carbocycles. The van der Waals surface area contributed by atoms with Crippen molar-refractivity contribution < 1.29 is 8.42 Å². The van der Waals surface area contributed by atoms with Crippen LogP contribution in [0.5, 0.6) is 0 Å². The van der Waals surface area contributed by atoms with Crippen molar-refractivity contribution in [2.75, 3.05) is 26.2 Å². The summed E-state index contributed by atoms with van der Waals surface area (Å²) in [6.45, 7) is 6.29. The van der Waals surface area contributed by atoms with E-state index in [0.29, 0.717) is 26.2 Å². The molecule has 0 N–H and O–H groups in total. The lowest BCUT2D eigenvalue weighted by Crippen LogP contribution is -2.48. The number of hydrogen-bond donors (Lipinski definition) is 0. The van der Waals surface area contributed by atoms with Crippen molar-refractivity contribution in [2.45, 2.75) is 45.4 Å². The van der Waals surface area contributed by atoms with E-state index in [1.807, 2.05) is 25.5 Å². The molecule has 8 heteroatoms. The van der Waals surface area contributed by atoms with Crippen LogP contribution in [-0.2, 0) is 17.3 Å². The first-order valence-corrected chi connectivity index (χ1v) is 9.49. The normalized spacial score (nSPS) is 20.6. The molecule has 0 saturated carbocycles. The maximum absolute atomic E-state index is 12.9. The Labute approximate surface area is 133 Å². The van der Waals surface area contributed by atoms with Gasteiger partial charge in [-0.2, -0.15) is 17.0 Å². The lowest BCUT2D eigenvalue weighted by molar-refractivity contribution is 0.276. The first-order chi connectivity index (χ1) is 10.5. The van der Waals surface area contributed by atoms with E-state index in [-0.39, 0.29) is 5.92 Å². The van der Waals surface area contributed by atoms with Crippen molar-refractivity contribution in [3.63, 3.8) is 0 Å². The van der Waals surface area contributed by atoms with Crippen LogP contribution in [-0.4, -0.2) is 58.0 Å². The number of piperidine rings is 1. The molecule has 0 amide bonds. The molecule has 0 bridgehead atoms. The molecule has 1 saturated heterocycles. The third-order valence-corrected chi connectivity index (χ3v) is 6.10. The van der Waals surface area contributed by atoms with Crippen molar-refractivity contribution in [1.82, 2.24) is 23.4 Å². The maximum Gasteiger partial charge on any atom is 0.281 e. The second-order valence-electron chi connectivity index (χ2n) is 5.90. The second kappa shape index (κ2) is 7.52. The summed E-state index contributed by atoms with van der Waals surface area (Å²) in [5.74, 6) is 0.999. The lowest BCUT2D eigenvalue weighted by Gasteiger charge is -2.35. The zero-order valence-corrected chi connectivity index (χ0v) is 14.6. The summed E-state index contributed by atoms with van der Waals surface area (Å²) in [7, 11) is -1.47. The van der Waals surface area contributed by atoms with E-state index >= 15 is 0 Å². The fraction of sp³-hybridized carbons (Fsp3) is 0.857. The minimum Gasteiger partial charge on any atom is -0.320 e. The zero-order chi connectivity index (χ0) is 16.2. The molecule has 22 heavy (non-hydrogen) atoms. The highest BCUT2D eigenvalue weighted by molar-refractivity contribution is 7.86. The van der Waals surface area contributed by atoms with Gasteiger partial charge in [0.15, 0.2) is 0 Å². The maximum atomic E-state index is 12.9. The summed E-state index contributed by atoms with van der Waals surface area (Å²) in [6, 6.07) is 0. The lowest BCUT2D eigenvalue weighted by atomic mass is 9.99. The standard InChI is InChI=1S/C14H27N5O2S/c1-4-8-18(9-5-2)22(20,21)19-10-6-7-13(11-19)14-16-15-12-17(14)3/h12-13H,4-11H2,1-3H3/t13-/m0/s1. The minimum absolute atomic E-state index is 0.126. The van der Waals surface area contributed by atoms with Gasteiger partial charge in [-0.05, 0) is 25.7 Å². The van der Waals surface area contributed by atoms with Crippen molar-refractivity contribution >= 4 is 10.2 Å². The molecular weight excluding hydrogens is 302 g/mol. The number of hydrogen-bond acceptors (Lipinski definition) is 4. The molecule has 2 rings (SSSR count). The first-order valence-electron chi connectivity index (χ1n) is 8.09. The largest absolute Gasteiger partial charge is 0.320 e. The van der Waals surface area contributed by atoms with Gasteiger partial charge in [0.05, 0.1) is 0 Å². The molecule has 0 radical (unpaired) electrons. The van der Waals surface area contributed by atoms with Crippen molar-refractivity contribution in [2.24, 2.45) is 7.05 Å². The Hall–Kier alpha value is -0.990. The summed E-state index contributed by atoms with van der Waals surface area (Å²) >= 11 is 0. The Balaban J connectivity index is 2.15. The van der Waals surface area contributed by atoms with Crippen LogP contribution in [0.15, 0.2) is 6.33 Å². The molecule has 1 fully saturated rings. The van der Waals surface area contributed by atoms with Crippen LogP contribution >= 0.6 is 0 Å². The second-order valence-corrected chi connectivity index (χ2v) is 7.83. The van der Waals surface area contributed by atoms with E-state index in [2.05, 4.69) is 10.2 Å². The minimum atomic E-state index is -3.38. The highest BCUT2D eigenvalue weighted by Gasteiger charge is 2.34. The van der Waals surface area contributed by atoms with Gasteiger partial charge in [-0.25, -0.2) is 0 Å². The molecule has 0 unspecified atom stereocenters. The predicted molar refractivity (Wildman–Crippen MR) is 85.6 cm³/mol. The van der Waals surface area contributed by atoms with E-state index in [9.17, 15) is 8.42 Å².